The third-order valence-corrected chi connectivity index (χ3v) is 7.86. The van der Waals surface area contributed by atoms with E-state index in [0.29, 0.717) is 52.4 Å². The molecule has 0 atom stereocenters. The van der Waals surface area contributed by atoms with Crippen LogP contribution in [0.1, 0.15) is 11.1 Å². The van der Waals surface area contributed by atoms with Gasteiger partial charge in [-0.1, -0.05) is 42.2 Å². The summed E-state index contributed by atoms with van der Waals surface area (Å²) in [6, 6.07) is 12.9. The van der Waals surface area contributed by atoms with Gasteiger partial charge in [0, 0.05) is 38.9 Å². The minimum atomic E-state index is -0.237. The van der Waals surface area contributed by atoms with E-state index in [-0.39, 0.29) is 18.1 Å². The van der Waals surface area contributed by atoms with Crippen LogP contribution in [0, 0.1) is 0 Å². The highest BCUT2D eigenvalue weighted by Crippen LogP contribution is 2.34. The molecule has 0 saturated carbocycles. The number of thiocarbonyl (C=S) groups is 1. The molecular formula is C26H27N5O4S2. The average Bonchev–Trinajstić information content (AvgIpc) is 3.18. The summed E-state index contributed by atoms with van der Waals surface area (Å²) in [5.41, 5.74) is 1.60. The Bertz CT molecular complexity index is 1410. The third kappa shape index (κ3) is 5.26. The fourth-order valence-corrected chi connectivity index (χ4v) is 5.70. The fraction of sp³-hybridized carbons (Fsp3) is 0.308. The summed E-state index contributed by atoms with van der Waals surface area (Å²) in [5.74, 6) is 1.06. The number of anilines is 1. The highest BCUT2D eigenvalue weighted by atomic mass is 32.2. The van der Waals surface area contributed by atoms with E-state index in [1.165, 1.54) is 16.2 Å². The van der Waals surface area contributed by atoms with Crippen molar-refractivity contribution in [2.24, 2.45) is 0 Å². The quantitative estimate of drug-likeness (QED) is 0.360. The molecule has 9 nitrogen and oxygen atoms in total. The van der Waals surface area contributed by atoms with Crippen LogP contribution in [0.4, 0.5) is 5.82 Å². The van der Waals surface area contributed by atoms with Crippen molar-refractivity contribution in [1.29, 1.82) is 0 Å². The van der Waals surface area contributed by atoms with Gasteiger partial charge in [0.2, 0.25) is 0 Å². The molecule has 0 radical (unpaired) electrons. The molecule has 37 heavy (non-hydrogen) atoms. The average molecular weight is 538 g/mol. The molecule has 2 aliphatic rings. The van der Waals surface area contributed by atoms with Gasteiger partial charge in [-0.2, -0.15) is 0 Å². The van der Waals surface area contributed by atoms with Crippen LogP contribution >= 0.6 is 24.0 Å². The summed E-state index contributed by atoms with van der Waals surface area (Å²) in [4.78, 5) is 38.0. The van der Waals surface area contributed by atoms with E-state index in [0.717, 1.165) is 24.4 Å². The third-order valence-electron chi connectivity index (χ3n) is 6.49. The summed E-state index contributed by atoms with van der Waals surface area (Å²) in [7, 11) is 1.61. The number of carbonyl (C=O) groups is 1. The van der Waals surface area contributed by atoms with Crippen molar-refractivity contribution in [3.63, 3.8) is 0 Å². The number of nitrogens with zero attached hydrogens (tertiary/aromatic N) is 5. The Morgan fingerprint density at radius 1 is 1.11 bits per heavy atom. The van der Waals surface area contributed by atoms with E-state index in [9.17, 15) is 14.7 Å². The molecule has 4 heterocycles. The highest BCUT2D eigenvalue weighted by Gasteiger charge is 2.33. The van der Waals surface area contributed by atoms with Gasteiger partial charge in [-0.15, -0.1) is 0 Å². The molecule has 0 bridgehead atoms. The number of thioether (sulfide) groups is 1. The number of amides is 1. The van der Waals surface area contributed by atoms with E-state index < -0.39 is 0 Å². The number of aliphatic hydroxyl groups excluding tert-OH is 1. The molecule has 2 aromatic heterocycles. The first-order valence-electron chi connectivity index (χ1n) is 12.0. The van der Waals surface area contributed by atoms with Crippen LogP contribution in [0.2, 0.25) is 0 Å². The predicted octanol–water partition coefficient (Wildman–Crippen LogP) is 2.22. The van der Waals surface area contributed by atoms with Crippen molar-refractivity contribution in [2.75, 3.05) is 51.3 Å². The molecule has 2 fully saturated rings. The summed E-state index contributed by atoms with van der Waals surface area (Å²) >= 11 is 6.73. The Morgan fingerprint density at radius 2 is 1.86 bits per heavy atom. The first-order valence-corrected chi connectivity index (χ1v) is 13.2. The van der Waals surface area contributed by atoms with Crippen LogP contribution in [0.5, 0.6) is 5.75 Å². The number of β-amino-alcohol motifs (C(OH)–C–C–N with tert-alkyl or cyclic N) is 1. The predicted molar refractivity (Wildman–Crippen MR) is 149 cm³/mol. The Balaban J connectivity index is 1.48. The van der Waals surface area contributed by atoms with Gasteiger partial charge in [0.25, 0.3) is 11.5 Å². The van der Waals surface area contributed by atoms with Crippen molar-refractivity contribution in [2.45, 2.75) is 6.54 Å². The van der Waals surface area contributed by atoms with Crippen molar-refractivity contribution in [1.82, 2.24) is 19.2 Å². The minimum absolute atomic E-state index is 0.110. The van der Waals surface area contributed by atoms with Crippen molar-refractivity contribution in [3.8, 4) is 5.75 Å². The van der Waals surface area contributed by atoms with E-state index in [1.807, 2.05) is 30.3 Å². The molecule has 5 rings (SSSR count). The van der Waals surface area contributed by atoms with Gasteiger partial charge in [-0.05, 0) is 35.9 Å². The van der Waals surface area contributed by atoms with Crippen LogP contribution in [0.15, 0.2) is 58.4 Å². The zero-order chi connectivity index (χ0) is 25.9. The molecule has 192 valence electrons. The molecule has 0 unspecified atom stereocenters. The lowest BCUT2D eigenvalue weighted by molar-refractivity contribution is -0.122. The van der Waals surface area contributed by atoms with Crippen LogP contribution in [0.25, 0.3) is 11.7 Å². The van der Waals surface area contributed by atoms with E-state index >= 15 is 0 Å². The van der Waals surface area contributed by atoms with Gasteiger partial charge in [-0.25, -0.2) is 4.98 Å². The number of methoxy groups -OCH3 is 1. The molecule has 3 aromatic rings. The number of benzene rings is 1. The van der Waals surface area contributed by atoms with Crippen LogP contribution in [-0.4, -0.2) is 81.0 Å². The minimum Gasteiger partial charge on any atom is -0.497 e. The molecule has 1 aromatic carbocycles. The Labute approximate surface area is 224 Å². The fourth-order valence-electron chi connectivity index (χ4n) is 4.46. The molecule has 1 N–H and O–H groups in total. The zero-order valence-electron chi connectivity index (χ0n) is 20.4. The first-order chi connectivity index (χ1) is 18.0. The maximum Gasteiger partial charge on any atom is 0.267 e. The second-order valence-electron chi connectivity index (χ2n) is 8.75. The van der Waals surface area contributed by atoms with Gasteiger partial charge in [0.15, 0.2) is 0 Å². The SMILES string of the molecule is COc1ccc(CN2C(=O)/C(=C\c3c(N4CCN(CCO)CC4)nc4ccccn4c3=O)SC2=S)cc1. The number of fused-ring (bicyclic) bond motifs is 1. The lowest BCUT2D eigenvalue weighted by Gasteiger charge is -2.35. The number of aromatic nitrogens is 2. The number of piperazine rings is 1. The van der Waals surface area contributed by atoms with Crippen molar-refractivity contribution in [3.05, 3.63) is 75.0 Å². The monoisotopic (exact) mass is 537 g/mol. The summed E-state index contributed by atoms with van der Waals surface area (Å²) in [6.45, 7) is 3.88. The van der Waals surface area contributed by atoms with Gasteiger partial charge >= 0.3 is 0 Å². The Hall–Kier alpha value is -3.25. The number of carbonyl (C=O) groups excluding carboxylic acids is 1. The molecular weight excluding hydrogens is 510 g/mol. The van der Waals surface area contributed by atoms with E-state index in [2.05, 4.69) is 9.80 Å². The lowest BCUT2D eigenvalue weighted by atomic mass is 10.2. The lowest BCUT2D eigenvalue weighted by Crippen LogP contribution is -2.48. The summed E-state index contributed by atoms with van der Waals surface area (Å²) in [5, 5.41) is 9.27. The molecule has 1 amide bonds. The standard InChI is InChI=1S/C26H27N5O4S2/c1-35-19-7-5-18(6-8-19)17-31-25(34)21(37-26(31)36)16-20-23(29-12-10-28(11-13-29)14-15-32)27-22-4-2-3-9-30(22)24(20)33/h2-9,16,32H,10-15,17H2,1H3/b21-16+. The first kappa shape index (κ1) is 25.4. The van der Waals surface area contributed by atoms with E-state index in [4.69, 9.17) is 21.9 Å². The number of hydrogen-bond acceptors (Lipinski definition) is 9. The van der Waals surface area contributed by atoms with Gasteiger partial charge < -0.3 is 14.7 Å². The van der Waals surface area contributed by atoms with E-state index in [1.54, 1.807) is 36.4 Å². The van der Waals surface area contributed by atoms with Crippen LogP contribution < -0.4 is 15.2 Å². The van der Waals surface area contributed by atoms with Crippen molar-refractivity contribution >= 4 is 51.7 Å². The normalized spacial score (nSPS) is 17.8. The molecule has 0 spiro atoms. The van der Waals surface area contributed by atoms with Crippen LogP contribution in [-0.2, 0) is 11.3 Å². The topological polar surface area (TPSA) is 90.6 Å². The summed E-state index contributed by atoms with van der Waals surface area (Å²) < 4.78 is 7.15. The zero-order valence-corrected chi connectivity index (χ0v) is 22.0. The van der Waals surface area contributed by atoms with Crippen LogP contribution in [0.3, 0.4) is 0 Å². The largest absolute Gasteiger partial charge is 0.497 e. The summed E-state index contributed by atoms with van der Waals surface area (Å²) in [6.07, 6.45) is 3.32. The Kier molecular flexibility index (Phi) is 7.56. The molecule has 2 aliphatic heterocycles. The number of pyridine rings is 1. The number of rotatable bonds is 7. The van der Waals surface area contributed by atoms with Gasteiger partial charge in [0.1, 0.15) is 21.5 Å². The molecule has 2 saturated heterocycles. The smallest absolute Gasteiger partial charge is 0.267 e. The second kappa shape index (κ2) is 11.0. The number of hydrogen-bond donors (Lipinski definition) is 1. The molecule has 11 heteroatoms. The Morgan fingerprint density at radius 3 is 2.57 bits per heavy atom. The maximum atomic E-state index is 13.6. The molecule has 0 aliphatic carbocycles. The second-order valence-corrected chi connectivity index (χ2v) is 10.4. The van der Waals surface area contributed by atoms with Crippen molar-refractivity contribution < 1.29 is 14.6 Å². The van der Waals surface area contributed by atoms with Gasteiger partial charge in [0.05, 0.1) is 30.7 Å². The number of ether oxygens (including phenoxy) is 1. The highest BCUT2D eigenvalue weighted by molar-refractivity contribution is 8.26. The number of aliphatic hydroxyl groups is 1. The maximum absolute atomic E-state index is 13.6. The van der Waals surface area contributed by atoms with Gasteiger partial charge in [-0.3, -0.25) is 23.8 Å².